The van der Waals surface area contributed by atoms with Crippen molar-refractivity contribution in [2.75, 3.05) is 21.3 Å². The van der Waals surface area contributed by atoms with E-state index >= 15 is 0 Å². The van der Waals surface area contributed by atoms with Crippen LogP contribution in [0.4, 0.5) is 0 Å². The van der Waals surface area contributed by atoms with Crippen molar-refractivity contribution in [3.8, 4) is 0 Å². The molecule has 0 aliphatic carbocycles. The van der Waals surface area contributed by atoms with Crippen LogP contribution < -0.4 is 0 Å². The van der Waals surface area contributed by atoms with Crippen LogP contribution in [0.3, 0.4) is 0 Å². The molecule has 0 aliphatic rings. The molecule has 8 nitrogen and oxygen atoms in total. The van der Waals surface area contributed by atoms with Crippen LogP contribution in [0.15, 0.2) is 0 Å². The summed E-state index contributed by atoms with van der Waals surface area (Å²) in [7, 11) is 3.31. The SMILES string of the molecule is CO[PH+](OC)OC.[C-]#[O+].[C-]#[O+].[C-]#[O+].[C-]#[O+].[C-]#[O+].[Cr]. The number of hydrogen-bond acceptors (Lipinski definition) is 3. The molecular weight excluding hydrogens is 307 g/mol. The van der Waals surface area contributed by atoms with Crippen LogP contribution in [-0.4, -0.2) is 21.3 Å². The summed E-state index contributed by atoms with van der Waals surface area (Å²) in [5.74, 6) is 0. The maximum atomic E-state index is 7.50. The van der Waals surface area contributed by atoms with Gasteiger partial charge in [-0.05, 0) is 0 Å². The third kappa shape index (κ3) is 107. The summed E-state index contributed by atoms with van der Waals surface area (Å²) >= 11 is 0. The van der Waals surface area contributed by atoms with E-state index in [4.69, 9.17) is 36.8 Å². The van der Waals surface area contributed by atoms with Crippen molar-refractivity contribution in [3.63, 3.8) is 0 Å². The fourth-order valence-electron chi connectivity index (χ4n) is 0.250. The van der Waals surface area contributed by atoms with Gasteiger partial charge in [0.2, 0.25) is 0 Å². The Morgan fingerprint density at radius 1 is 0.556 bits per heavy atom. The standard InChI is InChI=1S/C3H10O3P.5CO.Cr/c1-4-7(5-2)6-3;5*1-2;/h7H,1-3H3;;;;;;/q+1;;;;;;. The van der Waals surface area contributed by atoms with E-state index in [1.807, 2.05) is 0 Å². The van der Waals surface area contributed by atoms with Crippen molar-refractivity contribution in [3.05, 3.63) is 33.3 Å². The summed E-state index contributed by atoms with van der Waals surface area (Å²) in [6.45, 7) is 22.5. The fraction of sp³-hybridized carbons (Fsp3) is 0.375. The molecule has 0 aromatic carbocycles. The second-order valence-electron chi connectivity index (χ2n) is 0.862. The summed E-state index contributed by atoms with van der Waals surface area (Å²) < 4.78 is 51.6. The van der Waals surface area contributed by atoms with Gasteiger partial charge in [-0.3, -0.25) is 0 Å². The van der Waals surface area contributed by atoms with Gasteiger partial charge in [-0.25, -0.2) is 0 Å². The van der Waals surface area contributed by atoms with Crippen molar-refractivity contribution in [1.82, 2.24) is 0 Å². The third-order valence-corrected chi connectivity index (χ3v) is 1.50. The zero-order valence-corrected chi connectivity index (χ0v) is 11.9. The first kappa shape index (κ1) is 43.2. The molecule has 0 rings (SSSR count). The van der Waals surface area contributed by atoms with Gasteiger partial charge in [0.05, 0.1) is 21.3 Å². The van der Waals surface area contributed by atoms with E-state index < -0.39 is 8.60 Å². The summed E-state index contributed by atoms with van der Waals surface area (Å²) in [4.78, 5) is 0. The van der Waals surface area contributed by atoms with Gasteiger partial charge in [0.1, 0.15) is 0 Å². The Bertz CT molecular complexity index is 143. The maximum Gasteiger partial charge on any atom is 0 e. The van der Waals surface area contributed by atoms with E-state index in [9.17, 15) is 0 Å². The van der Waals surface area contributed by atoms with E-state index in [0.717, 1.165) is 0 Å². The molecule has 0 aromatic heterocycles. The van der Waals surface area contributed by atoms with Crippen LogP contribution in [0.25, 0.3) is 0 Å². The molecule has 0 radical (unpaired) electrons. The average Bonchev–Trinajstić information content (AvgIpc) is 2.51. The van der Waals surface area contributed by atoms with Gasteiger partial charge in [0.15, 0.2) is 0 Å². The molecule has 100 valence electrons. The Kier molecular flexibility index (Phi) is 312. The average molecular weight is 317 g/mol. The van der Waals surface area contributed by atoms with Gasteiger partial charge in [0, 0.05) is 17.4 Å². The molecule has 0 saturated carbocycles. The van der Waals surface area contributed by atoms with E-state index in [0.29, 0.717) is 0 Å². The first-order valence-corrected chi connectivity index (χ1v) is 4.08. The summed E-state index contributed by atoms with van der Waals surface area (Å²) in [5, 5.41) is 0. The van der Waals surface area contributed by atoms with E-state index in [2.05, 4.69) is 33.3 Å². The predicted octanol–water partition coefficient (Wildman–Crippen LogP) is 0.695. The van der Waals surface area contributed by atoms with Gasteiger partial charge < -0.3 is 0 Å². The molecule has 0 aromatic rings. The monoisotopic (exact) mass is 317 g/mol. The van der Waals surface area contributed by atoms with Crippen LogP contribution in [0, 0.1) is 33.3 Å². The van der Waals surface area contributed by atoms with Crippen molar-refractivity contribution in [2.45, 2.75) is 0 Å². The van der Waals surface area contributed by atoms with Crippen LogP contribution in [0.5, 0.6) is 0 Å². The molecule has 0 heterocycles. The largest absolute Gasteiger partial charge is 0 e. The Balaban J connectivity index is -0.0000000189. The molecule has 0 unspecified atom stereocenters. The number of rotatable bonds is 3. The minimum Gasteiger partial charge on any atom is 0 e. The van der Waals surface area contributed by atoms with Crippen molar-refractivity contribution in [1.29, 1.82) is 0 Å². The second kappa shape index (κ2) is 130. The minimum absolute atomic E-state index is 0. The Morgan fingerprint density at radius 3 is 0.667 bits per heavy atom. The molecule has 18 heavy (non-hydrogen) atoms. The zero-order valence-electron chi connectivity index (χ0n) is 9.67. The molecule has 0 spiro atoms. The fourth-order valence-corrected chi connectivity index (χ4v) is 0.750. The molecule has 0 saturated heterocycles. The molecule has 0 aliphatic heterocycles. The maximum absolute atomic E-state index is 7.50. The van der Waals surface area contributed by atoms with Crippen molar-refractivity contribution in [2.24, 2.45) is 0 Å². The van der Waals surface area contributed by atoms with Gasteiger partial charge in [0.25, 0.3) is 0 Å². The molecule has 0 bridgehead atoms. The van der Waals surface area contributed by atoms with Crippen LogP contribution in [0.2, 0.25) is 0 Å². The summed E-state index contributed by atoms with van der Waals surface area (Å²) in [5.41, 5.74) is 0. The van der Waals surface area contributed by atoms with E-state index in [-0.39, 0.29) is 17.4 Å². The van der Waals surface area contributed by atoms with Crippen LogP contribution >= 0.6 is 8.60 Å². The first-order valence-electron chi connectivity index (χ1n) is 2.86. The molecule has 0 amide bonds. The molecule has 0 atom stereocenters. The molecular formula is C8H10CrO8P+. The molecule has 0 N–H and O–H groups in total. The third-order valence-electron chi connectivity index (χ3n) is 0.500. The van der Waals surface area contributed by atoms with Gasteiger partial charge in [-0.1, -0.05) is 0 Å². The smallest absolute Gasteiger partial charge is 0 e. The Hall–Kier alpha value is -0.458. The predicted molar refractivity (Wildman–Crippen MR) is 49.0 cm³/mol. The quantitative estimate of drug-likeness (QED) is 0.431. The van der Waals surface area contributed by atoms with Crippen LogP contribution in [-0.2, 0) is 54.2 Å². The van der Waals surface area contributed by atoms with Gasteiger partial charge >= 0.3 is 65.1 Å². The van der Waals surface area contributed by atoms with Crippen LogP contribution in [0.1, 0.15) is 0 Å². The van der Waals surface area contributed by atoms with Crippen molar-refractivity contribution < 1.29 is 54.2 Å². The topological polar surface area (TPSA) is 127 Å². The Labute approximate surface area is 118 Å². The molecule has 0 fully saturated rings. The second-order valence-corrected chi connectivity index (χ2v) is 2.59. The van der Waals surface area contributed by atoms with Crippen molar-refractivity contribution >= 4 is 8.60 Å². The van der Waals surface area contributed by atoms with E-state index in [1.54, 1.807) is 21.3 Å². The van der Waals surface area contributed by atoms with Gasteiger partial charge in [-0.2, -0.15) is 13.6 Å². The zero-order chi connectivity index (χ0) is 15.7. The summed E-state index contributed by atoms with van der Waals surface area (Å²) in [6.07, 6.45) is 0. The summed E-state index contributed by atoms with van der Waals surface area (Å²) in [6, 6.07) is 0. The minimum atomic E-state index is -1.36. The number of hydrogen-bond donors (Lipinski definition) is 0. The van der Waals surface area contributed by atoms with E-state index in [1.165, 1.54) is 0 Å². The Morgan fingerprint density at radius 2 is 0.667 bits per heavy atom. The first-order chi connectivity index (χ1) is 8.35. The molecule has 10 heteroatoms. The van der Waals surface area contributed by atoms with Gasteiger partial charge in [-0.15, -0.1) is 0 Å². The normalized spacial score (nSPS) is 4.56.